The molecule has 37 heavy (non-hydrogen) atoms. The van der Waals surface area contributed by atoms with Gasteiger partial charge in [0.25, 0.3) is 11.8 Å². The number of carbonyl (C=O) groups is 2. The van der Waals surface area contributed by atoms with Gasteiger partial charge in [-0.05, 0) is 24.6 Å². The van der Waals surface area contributed by atoms with E-state index >= 15 is 0 Å². The summed E-state index contributed by atoms with van der Waals surface area (Å²) in [6, 6.07) is 3.76. The van der Waals surface area contributed by atoms with Crippen LogP contribution in [0.15, 0.2) is 36.9 Å². The molecule has 188 valence electrons. The van der Waals surface area contributed by atoms with Gasteiger partial charge in [-0.2, -0.15) is 38.7 Å². The van der Waals surface area contributed by atoms with E-state index in [1.807, 2.05) is 6.07 Å². The van der Waals surface area contributed by atoms with Crippen molar-refractivity contribution in [2.75, 3.05) is 5.32 Å². The first-order chi connectivity index (χ1) is 17.5. The average Bonchev–Trinajstić information content (AvgIpc) is 3.50. The van der Waals surface area contributed by atoms with E-state index in [9.17, 15) is 32.4 Å². The van der Waals surface area contributed by atoms with Crippen LogP contribution in [0.5, 0.6) is 5.88 Å². The molecule has 0 aromatic carbocycles. The summed E-state index contributed by atoms with van der Waals surface area (Å²) in [6.07, 6.45) is -2.18. The fourth-order valence-electron chi connectivity index (χ4n) is 3.17. The van der Waals surface area contributed by atoms with Gasteiger partial charge >= 0.3 is 12.3 Å². The standard InChI is InChI=1S/C20H12F4N10O3/c1-9-4-13(21)18(37-19(26)36)32-15(9)33-14(20(22,23)24)12(8-30-33)17(35)31-11-5-10(6-25)16(27-7-11)34-28-2-3-29-34/h2-5,7-8H,1H3,(H2,26,36)(H,31,35). The molecule has 17 heteroatoms. The molecule has 0 aliphatic heterocycles. The zero-order valence-electron chi connectivity index (χ0n) is 18.4. The molecular formula is C20H12F4N10O3. The number of aromatic nitrogens is 7. The largest absolute Gasteiger partial charge is 0.434 e. The minimum absolute atomic E-state index is 0.0288. The van der Waals surface area contributed by atoms with Gasteiger partial charge in [0, 0.05) is 0 Å². The molecule has 0 fully saturated rings. The highest BCUT2D eigenvalue weighted by Crippen LogP contribution is 2.35. The molecule has 3 N–H and O–H groups in total. The van der Waals surface area contributed by atoms with Crippen LogP contribution < -0.4 is 15.8 Å². The van der Waals surface area contributed by atoms with Gasteiger partial charge in [-0.3, -0.25) is 4.79 Å². The molecule has 2 amide bonds. The fourth-order valence-corrected chi connectivity index (χ4v) is 3.17. The van der Waals surface area contributed by atoms with Gasteiger partial charge in [-0.1, -0.05) is 0 Å². The second-order valence-corrected chi connectivity index (χ2v) is 7.13. The lowest BCUT2D eigenvalue weighted by Gasteiger charge is -2.14. The van der Waals surface area contributed by atoms with E-state index in [-0.39, 0.29) is 27.3 Å². The molecule has 0 radical (unpaired) electrons. The number of halogens is 4. The predicted molar refractivity (Wildman–Crippen MR) is 113 cm³/mol. The molecule has 13 nitrogen and oxygen atoms in total. The number of nitrogens with two attached hydrogens (primary N) is 1. The second-order valence-electron chi connectivity index (χ2n) is 7.13. The molecule has 0 saturated carbocycles. The third kappa shape index (κ3) is 4.88. The number of primary amides is 1. The monoisotopic (exact) mass is 516 g/mol. The fraction of sp³-hybridized carbons (Fsp3) is 0.100. The van der Waals surface area contributed by atoms with E-state index < -0.39 is 46.9 Å². The molecule has 0 atom stereocenters. The highest BCUT2D eigenvalue weighted by atomic mass is 19.4. The number of nitrogens with zero attached hydrogens (tertiary/aromatic N) is 8. The normalized spacial score (nSPS) is 11.1. The Bertz CT molecular complexity index is 1560. The van der Waals surface area contributed by atoms with Crippen molar-refractivity contribution in [1.29, 1.82) is 5.26 Å². The molecule has 4 aromatic rings. The number of amides is 2. The molecule has 0 saturated heterocycles. The highest BCUT2D eigenvalue weighted by Gasteiger charge is 2.41. The van der Waals surface area contributed by atoms with E-state index in [1.54, 1.807) is 0 Å². The Morgan fingerprint density at radius 1 is 1.14 bits per heavy atom. The van der Waals surface area contributed by atoms with Gasteiger partial charge in [0.05, 0.1) is 36.0 Å². The van der Waals surface area contributed by atoms with E-state index in [0.717, 1.165) is 17.1 Å². The number of alkyl halides is 3. The van der Waals surface area contributed by atoms with Gasteiger partial charge in [0.1, 0.15) is 11.6 Å². The van der Waals surface area contributed by atoms with Crippen LogP contribution in [0.4, 0.5) is 28.0 Å². The van der Waals surface area contributed by atoms with E-state index in [2.05, 4.69) is 35.3 Å². The summed E-state index contributed by atoms with van der Waals surface area (Å²) in [5, 5.41) is 22.9. The van der Waals surface area contributed by atoms with Crippen molar-refractivity contribution in [3.05, 3.63) is 65.1 Å². The maximum atomic E-state index is 14.1. The van der Waals surface area contributed by atoms with Crippen molar-refractivity contribution in [2.24, 2.45) is 5.73 Å². The Balaban J connectivity index is 1.73. The van der Waals surface area contributed by atoms with Crippen molar-refractivity contribution in [3.8, 4) is 23.6 Å². The quantitative estimate of drug-likeness (QED) is 0.376. The number of nitriles is 1. The molecule has 0 bridgehead atoms. The number of ether oxygens (including phenoxy) is 1. The van der Waals surface area contributed by atoms with Crippen molar-refractivity contribution in [1.82, 2.24) is 34.7 Å². The molecule has 4 aromatic heterocycles. The van der Waals surface area contributed by atoms with Gasteiger partial charge in [0.15, 0.2) is 23.1 Å². The number of pyridine rings is 2. The van der Waals surface area contributed by atoms with E-state index in [1.165, 1.54) is 25.4 Å². The minimum atomic E-state index is -5.14. The zero-order chi connectivity index (χ0) is 26.9. The first-order valence-corrected chi connectivity index (χ1v) is 9.87. The summed E-state index contributed by atoms with van der Waals surface area (Å²) >= 11 is 0. The Morgan fingerprint density at radius 3 is 2.46 bits per heavy atom. The summed E-state index contributed by atoms with van der Waals surface area (Å²) < 4.78 is 60.9. The van der Waals surface area contributed by atoms with Crippen LogP contribution >= 0.6 is 0 Å². The van der Waals surface area contributed by atoms with Gasteiger partial charge in [-0.15, -0.1) is 4.80 Å². The SMILES string of the molecule is Cc1cc(F)c(OC(N)=O)nc1-n1ncc(C(=O)Nc2cnc(-n3nccn3)c(C#N)c2)c1C(F)(F)F. The highest BCUT2D eigenvalue weighted by molar-refractivity contribution is 6.05. The van der Waals surface area contributed by atoms with Gasteiger partial charge in [-0.25, -0.2) is 18.9 Å². The lowest BCUT2D eigenvalue weighted by Crippen LogP contribution is -2.22. The van der Waals surface area contributed by atoms with Crippen LogP contribution in [-0.2, 0) is 6.18 Å². The third-order valence-corrected chi connectivity index (χ3v) is 4.64. The summed E-state index contributed by atoms with van der Waals surface area (Å²) in [5.74, 6) is -3.94. The Labute approximate surface area is 203 Å². The minimum Gasteiger partial charge on any atom is -0.388 e. The Kier molecular flexibility index (Phi) is 6.23. The Hall–Kier alpha value is -5.40. The number of hydrogen-bond acceptors (Lipinski definition) is 9. The lowest BCUT2D eigenvalue weighted by molar-refractivity contribution is -0.143. The van der Waals surface area contributed by atoms with Crippen LogP contribution in [0, 0.1) is 24.1 Å². The van der Waals surface area contributed by atoms with E-state index in [0.29, 0.717) is 6.20 Å². The molecule has 4 heterocycles. The van der Waals surface area contributed by atoms with Crippen LogP contribution in [0.3, 0.4) is 0 Å². The summed E-state index contributed by atoms with van der Waals surface area (Å²) in [6.45, 7) is 1.23. The van der Waals surface area contributed by atoms with Crippen LogP contribution in [-0.4, -0.2) is 46.7 Å². The lowest BCUT2D eigenvalue weighted by atomic mass is 10.2. The average molecular weight is 516 g/mol. The maximum Gasteiger partial charge on any atom is 0.434 e. The van der Waals surface area contributed by atoms with Crippen molar-refractivity contribution < 1.29 is 31.9 Å². The van der Waals surface area contributed by atoms with Gasteiger partial charge in [0.2, 0.25) is 0 Å². The number of anilines is 1. The van der Waals surface area contributed by atoms with Crippen LogP contribution in [0.25, 0.3) is 11.6 Å². The summed E-state index contributed by atoms with van der Waals surface area (Å²) in [7, 11) is 0. The summed E-state index contributed by atoms with van der Waals surface area (Å²) in [5.41, 5.74) is 2.06. The predicted octanol–water partition coefficient (Wildman–Crippen LogP) is 2.29. The van der Waals surface area contributed by atoms with Crippen molar-refractivity contribution >= 4 is 17.7 Å². The number of rotatable bonds is 5. The molecule has 0 spiro atoms. The van der Waals surface area contributed by atoms with Crippen molar-refractivity contribution in [3.63, 3.8) is 0 Å². The maximum absolute atomic E-state index is 14.1. The number of carbonyl (C=O) groups excluding carboxylic acids is 2. The zero-order valence-corrected chi connectivity index (χ0v) is 18.4. The topological polar surface area (TPSA) is 180 Å². The molecule has 4 rings (SSSR count). The van der Waals surface area contributed by atoms with Crippen LogP contribution in [0.2, 0.25) is 0 Å². The first kappa shape index (κ1) is 24.7. The number of aryl methyl sites for hydroxylation is 1. The Morgan fingerprint density at radius 2 is 1.84 bits per heavy atom. The molecule has 0 aliphatic rings. The number of hydrogen-bond donors (Lipinski definition) is 2. The van der Waals surface area contributed by atoms with Crippen molar-refractivity contribution in [2.45, 2.75) is 13.1 Å². The third-order valence-electron chi connectivity index (χ3n) is 4.64. The van der Waals surface area contributed by atoms with Crippen LogP contribution in [0.1, 0.15) is 27.2 Å². The van der Waals surface area contributed by atoms with E-state index in [4.69, 9.17) is 5.73 Å². The smallest absolute Gasteiger partial charge is 0.388 e. The molecular weight excluding hydrogens is 504 g/mol. The number of nitrogens with one attached hydrogen (secondary N) is 1. The van der Waals surface area contributed by atoms with Gasteiger partial charge < -0.3 is 15.8 Å². The molecule has 0 aliphatic carbocycles. The molecule has 0 unspecified atom stereocenters. The second kappa shape index (κ2) is 9.33. The summed E-state index contributed by atoms with van der Waals surface area (Å²) in [4.78, 5) is 32.4. The first-order valence-electron chi connectivity index (χ1n) is 9.87.